The molecule has 0 aliphatic carbocycles. The zero-order valence-corrected chi connectivity index (χ0v) is 8.70. The Morgan fingerprint density at radius 2 is 2.13 bits per heavy atom. The predicted octanol–water partition coefficient (Wildman–Crippen LogP) is -1.22. The average Bonchev–Trinajstić information content (AvgIpc) is 2.74. The summed E-state index contributed by atoms with van der Waals surface area (Å²) in [4.78, 5) is 13.5. The fraction of sp³-hybridized carbons (Fsp3) is 0.800. The Balaban J connectivity index is 1.73. The van der Waals surface area contributed by atoms with Crippen LogP contribution in [0, 0.1) is 23.2 Å². The largest absolute Gasteiger partial charge is 0.342 e. The summed E-state index contributed by atoms with van der Waals surface area (Å²) in [6.07, 6.45) is 0. The number of amides is 1. The van der Waals surface area contributed by atoms with Crippen molar-refractivity contribution in [3.05, 3.63) is 0 Å². The third-order valence-corrected chi connectivity index (χ3v) is 3.20. The second-order valence-corrected chi connectivity index (χ2v) is 4.31. The highest BCUT2D eigenvalue weighted by atomic mass is 16.2. The Labute approximate surface area is 89.4 Å². The lowest BCUT2D eigenvalue weighted by molar-refractivity contribution is -0.121. The predicted molar refractivity (Wildman–Crippen MR) is 54.9 cm³/mol. The van der Waals surface area contributed by atoms with Crippen LogP contribution in [0.1, 0.15) is 0 Å². The summed E-state index contributed by atoms with van der Waals surface area (Å²) in [6, 6.07) is 1.90. The van der Waals surface area contributed by atoms with Crippen molar-refractivity contribution in [3.63, 3.8) is 0 Å². The number of nitriles is 1. The zero-order chi connectivity index (χ0) is 10.7. The lowest BCUT2D eigenvalue weighted by Crippen LogP contribution is -2.37. The molecule has 2 fully saturated rings. The normalized spacial score (nSPS) is 29.8. The summed E-state index contributed by atoms with van der Waals surface area (Å²) >= 11 is 0. The van der Waals surface area contributed by atoms with Crippen molar-refractivity contribution >= 4 is 5.91 Å². The Morgan fingerprint density at radius 1 is 1.47 bits per heavy atom. The van der Waals surface area contributed by atoms with Crippen molar-refractivity contribution in [2.45, 2.75) is 0 Å². The van der Waals surface area contributed by atoms with Crippen LogP contribution in [0.2, 0.25) is 0 Å². The molecule has 0 saturated carbocycles. The number of nitrogens with zero attached hydrogens (tertiary/aromatic N) is 2. The molecule has 0 aromatic carbocycles. The lowest BCUT2D eigenvalue weighted by Gasteiger charge is -2.15. The molecule has 0 radical (unpaired) electrons. The number of carbonyl (C=O) groups excluding carboxylic acids is 1. The number of rotatable bonds is 3. The van der Waals surface area contributed by atoms with Crippen LogP contribution in [-0.4, -0.2) is 50.1 Å². The lowest BCUT2D eigenvalue weighted by atomic mass is 10.0. The Kier molecular flexibility index (Phi) is 3.19. The smallest absolute Gasteiger partial charge is 0.235 e. The van der Waals surface area contributed by atoms with E-state index in [0.29, 0.717) is 18.4 Å². The monoisotopic (exact) mass is 208 g/mol. The molecule has 5 heteroatoms. The summed E-state index contributed by atoms with van der Waals surface area (Å²) in [7, 11) is 0. The highest BCUT2D eigenvalue weighted by molar-refractivity contribution is 5.78. The van der Waals surface area contributed by atoms with Crippen molar-refractivity contribution in [2.75, 3.05) is 39.3 Å². The molecular formula is C10H16N4O. The van der Waals surface area contributed by atoms with Gasteiger partial charge < -0.3 is 10.6 Å². The van der Waals surface area contributed by atoms with Crippen LogP contribution in [0.25, 0.3) is 0 Å². The summed E-state index contributed by atoms with van der Waals surface area (Å²) < 4.78 is 0. The maximum atomic E-state index is 11.4. The van der Waals surface area contributed by atoms with Gasteiger partial charge in [-0.1, -0.05) is 0 Å². The molecular weight excluding hydrogens is 192 g/mol. The van der Waals surface area contributed by atoms with E-state index in [-0.39, 0.29) is 12.5 Å². The first-order chi connectivity index (χ1) is 7.29. The molecule has 82 valence electrons. The molecule has 15 heavy (non-hydrogen) atoms. The van der Waals surface area contributed by atoms with Crippen molar-refractivity contribution in [1.82, 2.24) is 15.5 Å². The number of carbonyl (C=O) groups is 1. The third-order valence-electron chi connectivity index (χ3n) is 3.20. The van der Waals surface area contributed by atoms with E-state index in [2.05, 4.69) is 15.5 Å². The Bertz CT molecular complexity index is 274. The van der Waals surface area contributed by atoms with E-state index in [4.69, 9.17) is 5.26 Å². The zero-order valence-electron chi connectivity index (χ0n) is 8.70. The molecule has 2 atom stereocenters. The Hall–Kier alpha value is -1.12. The SMILES string of the molecule is N#CCNC(=O)CN1C[C@H]2CNC[C@H]2C1. The molecule has 2 aliphatic heterocycles. The quantitative estimate of drug-likeness (QED) is 0.570. The van der Waals surface area contributed by atoms with E-state index in [1.807, 2.05) is 6.07 Å². The van der Waals surface area contributed by atoms with E-state index in [0.717, 1.165) is 26.2 Å². The molecule has 2 aliphatic rings. The molecule has 0 spiro atoms. The molecule has 0 aromatic rings. The molecule has 0 bridgehead atoms. The first-order valence-electron chi connectivity index (χ1n) is 5.36. The van der Waals surface area contributed by atoms with Crippen LogP contribution < -0.4 is 10.6 Å². The van der Waals surface area contributed by atoms with Gasteiger partial charge in [-0.25, -0.2) is 0 Å². The second kappa shape index (κ2) is 4.60. The molecule has 2 N–H and O–H groups in total. The molecule has 2 rings (SSSR count). The van der Waals surface area contributed by atoms with E-state index >= 15 is 0 Å². The number of hydrogen-bond donors (Lipinski definition) is 2. The molecule has 0 aromatic heterocycles. The van der Waals surface area contributed by atoms with Crippen LogP contribution in [-0.2, 0) is 4.79 Å². The first kappa shape index (κ1) is 10.4. The fourth-order valence-electron chi connectivity index (χ4n) is 2.48. The minimum absolute atomic E-state index is 0.0375. The summed E-state index contributed by atoms with van der Waals surface area (Å²) in [5.41, 5.74) is 0. The van der Waals surface area contributed by atoms with Gasteiger partial charge in [0.25, 0.3) is 0 Å². The van der Waals surface area contributed by atoms with Crippen LogP contribution in [0.15, 0.2) is 0 Å². The van der Waals surface area contributed by atoms with Gasteiger partial charge in [0, 0.05) is 13.1 Å². The first-order valence-corrected chi connectivity index (χ1v) is 5.36. The maximum Gasteiger partial charge on any atom is 0.235 e. The van der Waals surface area contributed by atoms with Gasteiger partial charge in [-0.15, -0.1) is 0 Å². The topological polar surface area (TPSA) is 68.2 Å². The van der Waals surface area contributed by atoms with Crippen molar-refractivity contribution in [3.8, 4) is 6.07 Å². The minimum atomic E-state index is -0.0375. The summed E-state index contributed by atoms with van der Waals surface area (Å²) in [5, 5.41) is 14.3. The van der Waals surface area contributed by atoms with Crippen molar-refractivity contribution < 1.29 is 4.79 Å². The van der Waals surface area contributed by atoms with Gasteiger partial charge in [-0.2, -0.15) is 5.26 Å². The highest BCUT2D eigenvalue weighted by Crippen LogP contribution is 2.25. The third kappa shape index (κ3) is 2.46. The van der Waals surface area contributed by atoms with Gasteiger partial charge in [0.1, 0.15) is 6.54 Å². The van der Waals surface area contributed by atoms with Crippen LogP contribution >= 0.6 is 0 Å². The van der Waals surface area contributed by atoms with E-state index < -0.39 is 0 Å². The number of nitrogens with one attached hydrogen (secondary N) is 2. The van der Waals surface area contributed by atoms with Crippen LogP contribution in [0.4, 0.5) is 0 Å². The summed E-state index contributed by atoms with van der Waals surface area (Å²) in [6.45, 7) is 4.74. The molecule has 2 saturated heterocycles. The fourth-order valence-corrected chi connectivity index (χ4v) is 2.48. The van der Waals surface area contributed by atoms with E-state index in [1.165, 1.54) is 0 Å². The standard InChI is InChI=1S/C10H16N4O/c11-1-2-13-10(15)7-14-5-8-3-12-4-9(8)6-14/h8-9,12H,2-7H2,(H,13,15)/t8-,9+. The van der Waals surface area contributed by atoms with Gasteiger partial charge >= 0.3 is 0 Å². The Morgan fingerprint density at radius 3 is 2.73 bits per heavy atom. The van der Waals surface area contributed by atoms with Crippen LogP contribution in [0.5, 0.6) is 0 Å². The van der Waals surface area contributed by atoms with E-state index in [9.17, 15) is 4.79 Å². The summed E-state index contributed by atoms with van der Waals surface area (Å²) in [5.74, 6) is 1.40. The second-order valence-electron chi connectivity index (χ2n) is 4.31. The van der Waals surface area contributed by atoms with E-state index in [1.54, 1.807) is 0 Å². The van der Waals surface area contributed by atoms with Crippen molar-refractivity contribution in [1.29, 1.82) is 5.26 Å². The van der Waals surface area contributed by atoms with Gasteiger partial charge in [-0.3, -0.25) is 9.69 Å². The van der Waals surface area contributed by atoms with Gasteiger partial charge in [0.05, 0.1) is 12.6 Å². The van der Waals surface area contributed by atoms with Gasteiger partial charge in [0.2, 0.25) is 5.91 Å². The number of fused-ring (bicyclic) bond motifs is 1. The van der Waals surface area contributed by atoms with Gasteiger partial charge in [0.15, 0.2) is 0 Å². The molecule has 1 amide bonds. The molecule has 2 heterocycles. The maximum absolute atomic E-state index is 11.4. The van der Waals surface area contributed by atoms with Gasteiger partial charge in [-0.05, 0) is 24.9 Å². The minimum Gasteiger partial charge on any atom is -0.342 e. The van der Waals surface area contributed by atoms with Crippen LogP contribution in [0.3, 0.4) is 0 Å². The van der Waals surface area contributed by atoms with Crippen molar-refractivity contribution in [2.24, 2.45) is 11.8 Å². The highest BCUT2D eigenvalue weighted by Gasteiger charge is 2.36. The molecule has 5 nitrogen and oxygen atoms in total. The number of hydrogen-bond acceptors (Lipinski definition) is 4. The average molecular weight is 208 g/mol. The molecule has 0 unspecified atom stereocenters. The number of likely N-dealkylation sites (tertiary alicyclic amines) is 1.